The van der Waals surface area contributed by atoms with Crippen molar-refractivity contribution >= 4 is 12.2 Å². The van der Waals surface area contributed by atoms with Gasteiger partial charge in [-0.15, -0.1) is 5.10 Å². The molecule has 134 valence electrons. The van der Waals surface area contributed by atoms with E-state index >= 15 is 0 Å². The number of hydrogen-bond acceptors (Lipinski definition) is 5. The van der Waals surface area contributed by atoms with E-state index in [9.17, 15) is 4.79 Å². The molecule has 0 bridgehead atoms. The van der Waals surface area contributed by atoms with Gasteiger partial charge in [0, 0.05) is 19.6 Å². The molecule has 1 amide bonds. The highest BCUT2D eigenvalue weighted by molar-refractivity contribution is 5.69. The Balaban J connectivity index is 1.62. The van der Waals surface area contributed by atoms with Gasteiger partial charge >= 0.3 is 0 Å². The molecule has 7 heteroatoms. The maximum absolute atomic E-state index is 11.3. The first-order valence-corrected chi connectivity index (χ1v) is 8.56. The van der Waals surface area contributed by atoms with Gasteiger partial charge in [-0.05, 0) is 32.8 Å². The summed E-state index contributed by atoms with van der Waals surface area (Å²) in [5.41, 5.74) is 0.831. The van der Waals surface area contributed by atoms with Crippen LogP contribution in [0.2, 0.25) is 0 Å². The second kappa shape index (κ2) is 7.33. The Kier molecular flexibility index (Phi) is 5.15. The Labute approximate surface area is 148 Å². The molecule has 1 aromatic heterocycles. The molecule has 1 aliphatic heterocycles. The molecule has 0 saturated carbocycles. The number of likely N-dealkylation sites (tertiary alicyclic amines) is 1. The summed E-state index contributed by atoms with van der Waals surface area (Å²) in [6, 6.07) is 10.7. The van der Waals surface area contributed by atoms with Crippen molar-refractivity contribution in [2.75, 3.05) is 18.2 Å². The van der Waals surface area contributed by atoms with E-state index in [2.05, 4.69) is 39.5 Å². The van der Waals surface area contributed by atoms with E-state index in [-0.39, 0.29) is 6.04 Å². The Bertz CT molecular complexity index is 695. The molecule has 1 atom stereocenters. The second-order valence-electron chi connectivity index (χ2n) is 7.35. The predicted molar refractivity (Wildman–Crippen MR) is 94.8 cm³/mol. The summed E-state index contributed by atoms with van der Waals surface area (Å²) in [5.74, 6) is 0.409. The molecule has 0 radical (unpaired) electrons. The lowest BCUT2D eigenvalue weighted by Crippen LogP contribution is -2.33. The normalized spacial score (nSPS) is 18.4. The first kappa shape index (κ1) is 17.6. The standard InChI is InChI=1S/C18H25N5O2/c1-18(2,3)25-23(14-24)17-13-22(20-19-17)16-9-10-21(12-16)11-15-7-5-4-6-8-15/h4-8,13-14,16H,9-12H2,1-3H3. The summed E-state index contributed by atoms with van der Waals surface area (Å²) >= 11 is 0. The van der Waals surface area contributed by atoms with Crippen LogP contribution in [0.1, 0.15) is 38.8 Å². The highest BCUT2D eigenvalue weighted by atomic mass is 16.7. The number of aromatic nitrogens is 3. The Morgan fingerprint density at radius 1 is 1.32 bits per heavy atom. The number of amides is 1. The van der Waals surface area contributed by atoms with Crippen LogP contribution in [0.5, 0.6) is 0 Å². The van der Waals surface area contributed by atoms with Gasteiger partial charge in [0.05, 0.1) is 17.8 Å². The Morgan fingerprint density at radius 2 is 2.08 bits per heavy atom. The van der Waals surface area contributed by atoms with E-state index in [1.54, 1.807) is 6.20 Å². The minimum atomic E-state index is -0.482. The number of carbonyl (C=O) groups excluding carboxylic acids is 1. The molecule has 0 aliphatic carbocycles. The van der Waals surface area contributed by atoms with Gasteiger partial charge in [0.25, 0.3) is 0 Å². The van der Waals surface area contributed by atoms with Crippen molar-refractivity contribution < 1.29 is 9.63 Å². The number of carbonyl (C=O) groups is 1. The summed E-state index contributed by atoms with van der Waals surface area (Å²) in [7, 11) is 0. The van der Waals surface area contributed by atoms with Crippen LogP contribution >= 0.6 is 0 Å². The molecule has 1 aliphatic rings. The Hall–Kier alpha value is -2.25. The zero-order chi connectivity index (χ0) is 17.9. The highest BCUT2D eigenvalue weighted by Crippen LogP contribution is 2.24. The van der Waals surface area contributed by atoms with E-state index in [1.807, 2.05) is 31.5 Å². The van der Waals surface area contributed by atoms with E-state index in [4.69, 9.17) is 4.84 Å². The van der Waals surface area contributed by atoms with Crippen LogP contribution in [-0.2, 0) is 16.2 Å². The van der Waals surface area contributed by atoms with Crippen LogP contribution in [0.25, 0.3) is 0 Å². The largest absolute Gasteiger partial charge is 0.297 e. The molecule has 0 spiro atoms. The van der Waals surface area contributed by atoms with Crippen LogP contribution < -0.4 is 5.06 Å². The SMILES string of the molecule is CC(C)(C)ON(C=O)c1cn(C2CCN(Cc3ccccc3)C2)nn1. The van der Waals surface area contributed by atoms with Crippen molar-refractivity contribution in [2.24, 2.45) is 0 Å². The summed E-state index contributed by atoms with van der Waals surface area (Å²) in [4.78, 5) is 19.3. The third-order valence-electron chi connectivity index (χ3n) is 4.06. The van der Waals surface area contributed by atoms with Crippen LogP contribution in [0, 0.1) is 0 Å². The highest BCUT2D eigenvalue weighted by Gasteiger charge is 2.26. The Morgan fingerprint density at radius 3 is 2.76 bits per heavy atom. The lowest BCUT2D eigenvalue weighted by atomic mass is 10.2. The molecule has 7 nitrogen and oxygen atoms in total. The maximum atomic E-state index is 11.3. The van der Waals surface area contributed by atoms with Crippen molar-refractivity contribution in [3.63, 3.8) is 0 Å². The number of rotatable bonds is 6. The smallest absolute Gasteiger partial charge is 0.239 e. The monoisotopic (exact) mass is 343 g/mol. The second-order valence-corrected chi connectivity index (χ2v) is 7.35. The van der Waals surface area contributed by atoms with Gasteiger partial charge in [0.1, 0.15) is 0 Å². The molecular weight excluding hydrogens is 318 g/mol. The summed E-state index contributed by atoms with van der Waals surface area (Å²) < 4.78 is 1.84. The lowest BCUT2D eigenvalue weighted by molar-refractivity contribution is -0.120. The van der Waals surface area contributed by atoms with Crippen molar-refractivity contribution in [2.45, 2.75) is 45.4 Å². The van der Waals surface area contributed by atoms with Crippen molar-refractivity contribution in [1.82, 2.24) is 19.9 Å². The molecule has 2 aromatic rings. The fourth-order valence-corrected chi connectivity index (χ4v) is 2.98. The fraction of sp³-hybridized carbons (Fsp3) is 0.500. The molecule has 3 rings (SSSR count). The molecule has 0 N–H and O–H groups in total. The first-order chi connectivity index (χ1) is 11.9. The topological polar surface area (TPSA) is 63.5 Å². The van der Waals surface area contributed by atoms with Crippen molar-refractivity contribution in [3.8, 4) is 0 Å². The molecule has 1 saturated heterocycles. The maximum Gasteiger partial charge on any atom is 0.239 e. The van der Waals surface area contributed by atoms with Crippen LogP contribution in [0.15, 0.2) is 36.5 Å². The minimum Gasteiger partial charge on any atom is -0.297 e. The van der Waals surface area contributed by atoms with Crippen molar-refractivity contribution in [1.29, 1.82) is 0 Å². The van der Waals surface area contributed by atoms with Gasteiger partial charge in [-0.25, -0.2) is 4.68 Å². The lowest BCUT2D eigenvalue weighted by Gasteiger charge is -2.24. The molecule has 25 heavy (non-hydrogen) atoms. The number of hydroxylamine groups is 1. The first-order valence-electron chi connectivity index (χ1n) is 8.56. The summed E-state index contributed by atoms with van der Waals surface area (Å²) in [6.45, 7) is 8.51. The van der Waals surface area contributed by atoms with Gasteiger partial charge < -0.3 is 0 Å². The average Bonchev–Trinajstić information content (AvgIpc) is 3.22. The van der Waals surface area contributed by atoms with E-state index in [0.29, 0.717) is 12.2 Å². The molecular formula is C18H25N5O2. The molecule has 1 fully saturated rings. The van der Waals surface area contributed by atoms with E-state index < -0.39 is 5.60 Å². The fourth-order valence-electron chi connectivity index (χ4n) is 2.98. The molecule has 1 aromatic carbocycles. The van der Waals surface area contributed by atoms with Gasteiger partial charge in [0.2, 0.25) is 12.2 Å². The van der Waals surface area contributed by atoms with Gasteiger partial charge in [-0.2, -0.15) is 5.06 Å². The number of nitrogens with zero attached hydrogens (tertiary/aromatic N) is 5. The van der Waals surface area contributed by atoms with Crippen molar-refractivity contribution in [3.05, 3.63) is 42.1 Å². The minimum absolute atomic E-state index is 0.258. The van der Waals surface area contributed by atoms with Crippen LogP contribution in [0.4, 0.5) is 5.82 Å². The van der Waals surface area contributed by atoms with Crippen LogP contribution in [0.3, 0.4) is 0 Å². The molecule has 1 unspecified atom stereocenters. The number of anilines is 1. The van der Waals surface area contributed by atoms with Gasteiger partial charge in [-0.3, -0.25) is 14.5 Å². The number of benzene rings is 1. The number of hydrogen-bond donors (Lipinski definition) is 0. The zero-order valence-electron chi connectivity index (χ0n) is 15.0. The summed E-state index contributed by atoms with van der Waals surface area (Å²) in [5, 5.41) is 9.43. The third kappa shape index (κ3) is 4.64. The summed E-state index contributed by atoms with van der Waals surface area (Å²) in [6.07, 6.45) is 3.41. The van der Waals surface area contributed by atoms with E-state index in [1.165, 1.54) is 5.56 Å². The quantitative estimate of drug-likeness (QED) is 0.595. The molecule has 2 heterocycles. The van der Waals surface area contributed by atoms with Gasteiger partial charge in [-0.1, -0.05) is 35.5 Å². The van der Waals surface area contributed by atoms with E-state index in [0.717, 1.165) is 31.1 Å². The zero-order valence-corrected chi connectivity index (χ0v) is 15.0. The average molecular weight is 343 g/mol. The van der Waals surface area contributed by atoms with Crippen LogP contribution in [-0.4, -0.2) is 45.0 Å². The third-order valence-corrected chi connectivity index (χ3v) is 4.06. The van der Waals surface area contributed by atoms with Gasteiger partial charge in [0.15, 0.2) is 0 Å². The predicted octanol–water partition coefficient (Wildman–Crippen LogP) is 2.42.